The van der Waals surface area contributed by atoms with Crippen molar-refractivity contribution in [2.75, 3.05) is 13.2 Å². The third-order valence-corrected chi connectivity index (χ3v) is 3.09. The maximum absolute atomic E-state index is 11.7. The summed E-state index contributed by atoms with van der Waals surface area (Å²) in [7, 11) is 0. The summed E-state index contributed by atoms with van der Waals surface area (Å²) < 4.78 is 5.71. The van der Waals surface area contributed by atoms with Crippen LogP contribution in [0.5, 0.6) is 5.75 Å². The molecule has 1 aliphatic rings. The van der Waals surface area contributed by atoms with Crippen molar-refractivity contribution in [2.24, 2.45) is 0 Å². The Morgan fingerprint density at radius 3 is 2.78 bits per heavy atom. The molecule has 1 aromatic rings. The first-order valence-corrected chi connectivity index (χ1v) is 6.44. The van der Waals surface area contributed by atoms with Gasteiger partial charge >= 0.3 is 0 Å². The van der Waals surface area contributed by atoms with Gasteiger partial charge in [0.05, 0.1) is 0 Å². The lowest BCUT2D eigenvalue weighted by Gasteiger charge is -2.16. The van der Waals surface area contributed by atoms with Crippen molar-refractivity contribution in [3.05, 3.63) is 29.8 Å². The molecule has 0 bridgehead atoms. The Balaban J connectivity index is 1.97. The van der Waals surface area contributed by atoms with E-state index in [2.05, 4.69) is 5.32 Å². The average Bonchev–Trinajstić information content (AvgIpc) is 2.58. The Labute approximate surface area is 107 Å². The van der Waals surface area contributed by atoms with Crippen LogP contribution in [0.4, 0.5) is 0 Å². The van der Waals surface area contributed by atoms with Crippen LogP contribution < -0.4 is 10.1 Å². The molecule has 2 rings (SSSR count). The van der Waals surface area contributed by atoms with E-state index >= 15 is 0 Å². The fraction of sp³-hybridized carbons (Fsp3) is 0.500. The maximum atomic E-state index is 11.7. The van der Waals surface area contributed by atoms with Crippen molar-refractivity contribution in [3.8, 4) is 5.75 Å². The summed E-state index contributed by atoms with van der Waals surface area (Å²) in [5.41, 5.74) is 1.06. The number of carbonyl (C=O) groups is 1. The molecule has 0 aliphatic carbocycles. The molecule has 0 radical (unpaired) electrons. The number of nitrogens with one attached hydrogen (secondary N) is 1. The van der Waals surface area contributed by atoms with Gasteiger partial charge in [0.25, 0.3) is 5.91 Å². The van der Waals surface area contributed by atoms with Gasteiger partial charge in [-0.25, -0.2) is 0 Å². The van der Waals surface area contributed by atoms with Crippen molar-refractivity contribution >= 4 is 5.91 Å². The molecule has 18 heavy (non-hydrogen) atoms. The van der Waals surface area contributed by atoms with E-state index in [0.717, 1.165) is 31.4 Å². The molecule has 0 spiro atoms. The van der Waals surface area contributed by atoms with Crippen LogP contribution in [-0.2, 0) is 11.2 Å². The third kappa shape index (κ3) is 3.47. The molecule has 1 aromatic carbocycles. The fourth-order valence-corrected chi connectivity index (χ4v) is 2.05. The molecule has 4 nitrogen and oxygen atoms in total. The molecular weight excluding hydrogens is 230 g/mol. The van der Waals surface area contributed by atoms with E-state index in [1.807, 2.05) is 24.3 Å². The second-order valence-electron chi connectivity index (χ2n) is 4.51. The number of rotatable bonds is 4. The van der Waals surface area contributed by atoms with Crippen LogP contribution in [0.1, 0.15) is 24.8 Å². The van der Waals surface area contributed by atoms with E-state index in [0.29, 0.717) is 12.2 Å². The molecule has 1 heterocycles. The summed E-state index contributed by atoms with van der Waals surface area (Å²) in [6.07, 6.45) is 3.05. The normalized spacial score (nSPS) is 20.1. The minimum absolute atomic E-state index is 0.0214. The van der Waals surface area contributed by atoms with Gasteiger partial charge in [-0.2, -0.15) is 0 Å². The van der Waals surface area contributed by atoms with Gasteiger partial charge in [0, 0.05) is 13.2 Å². The molecule has 0 saturated carbocycles. The molecule has 1 unspecified atom stereocenters. The summed E-state index contributed by atoms with van der Waals surface area (Å²) in [5, 5.41) is 11.7. The first-order chi connectivity index (χ1) is 8.79. The number of hydrogen-bond donors (Lipinski definition) is 2. The van der Waals surface area contributed by atoms with Crippen LogP contribution >= 0.6 is 0 Å². The van der Waals surface area contributed by atoms with E-state index in [1.54, 1.807) is 0 Å². The summed E-state index contributed by atoms with van der Waals surface area (Å²) in [4.78, 5) is 11.7. The third-order valence-electron chi connectivity index (χ3n) is 3.09. The summed E-state index contributed by atoms with van der Waals surface area (Å²) in [6, 6.07) is 7.53. The topological polar surface area (TPSA) is 58.6 Å². The van der Waals surface area contributed by atoms with E-state index in [-0.39, 0.29) is 18.6 Å². The lowest BCUT2D eigenvalue weighted by atomic mass is 10.1. The van der Waals surface area contributed by atoms with Gasteiger partial charge in [-0.15, -0.1) is 0 Å². The van der Waals surface area contributed by atoms with Crippen LogP contribution in [-0.4, -0.2) is 30.3 Å². The molecular formula is C14H19NO3. The summed E-state index contributed by atoms with van der Waals surface area (Å²) in [6.45, 7) is 0.888. The maximum Gasteiger partial charge on any atom is 0.261 e. The van der Waals surface area contributed by atoms with Crippen LogP contribution in [0.25, 0.3) is 0 Å². The molecule has 4 heteroatoms. The Morgan fingerprint density at radius 2 is 2.06 bits per heavy atom. The molecule has 1 saturated heterocycles. The number of aliphatic hydroxyl groups is 1. The number of hydrogen-bond acceptors (Lipinski definition) is 3. The van der Waals surface area contributed by atoms with Crippen molar-refractivity contribution < 1.29 is 14.6 Å². The zero-order valence-electron chi connectivity index (χ0n) is 10.4. The van der Waals surface area contributed by atoms with E-state index < -0.39 is 0 Å². The number of benzene rings is 1. The van der Waals surface area contributed by atoms with E-state index in [4.69, 9.17) is 9.84 Å². The lowest BCUT2D eigenvalue weighted by molar-refractivity contribution is -0.127. The average molecular weight is 249 g/mol. The van der Waals surface area contributed by atoms with Gasteiger partial charge in [-0.3, -0.25) is 4.79 Å². The van der Waals surface area contributed by atoms with Crippen LogP contribution in [0, 0.1) is 0 Å². The first-order valence-electron chi connectivity index (χ1n) is 6.44. The zero-order valence-corrected chi connectivity index (χ0v) is 10.4. The predicted octanol–water partition coefficient (Wildman–Crippen LogP) is 1.27. The van der Waals surface area contributed by atoms with Crippen molar-refractivity contribution in [1.29, 1.82) is 0 Å². The second-order valence-corrected chi connectivity index (χ2v) is 4.51. The molecule has 1 fully saturated rings. The van der Waals surface area contributed by atoms with E-state index in [9.17, 15) is 4.79 Å². The SMILES string of the molecule is O=C1NCCCCC1Oc1ccc(CCO)cc1. The minimum atomic E-state index is -0.379. The number of amides is 1. The Kier molecular flexibility index (Phi) is 4.59. The largest absolute Gasteiger partial charge is 0.481 e. The van der Waals surface area contributed by atoms with Crippen molar-refractivity contribution in [1.82, 2.24) is 5.32 Å². The van der Waals surface area contributed by atoms with Gasteiger partial charge in [0.1, 0.15) is 5.75 Å². The highest BCUT2D eigenvalue weighted by atomic mass is 16.5. The minimum Gasteiger partial charge on any atom is -0.481 e. The van der Waals surface area contributed by atoms with Crippen LogP contribution in [0.15, 0.2) is 24.3 Å². The Bertz CT molecular complexity index is 389. The molecule has 1 amide bonds. The van der Waals surface area contributed by atoms with Crippen LogP contribution in [0.3, 0.4) is 0 Å². The number of ether oxygens (including phenoxy) is 1. The highest BCUT2D eigenvalue weighted by Gasteiger charge is 2.22. The standard InChI is InChI=1S/C14H19NO3/c16-10-8-11-4-6-12(7-5-11)18-13-3-1-2-9-15-14(13)17/h4-7,13,16H,1-3,8-10H2,(H,15,17). The van der Waals surface area contributed by atoms with Crippen LogP contribution in [0.2, 0.25) is 0 Å². The van der Waals surface area contributed by atoms with Crippen molar-refractivity contribution in [2.45, 2.75) is 31.8 Å². The zero-order chi connectivity index (χ0) is 12.8. The number of carbonyl (C=O) groups excluding carboxylic acids is 1. The van der Waals surface area contributed by atoms with Gasteiger partial charge in [-0.1, -0.05) is 12.1 Å². The van der Waals surface area contributed by atoms with Gasteiger partial charge in [-0.05, 0) is 43.4 Å². The monoisotopic (exact) mass is 249 g/mol. The fourth-order valence-electron chi connectivity index (χ4n) is 2.05. The second kappa shape index (κ2) is 6.40. The number of aliphatic hydroxyl groups excluding tert-OH is 1. The molecule has 2 N–H and O–H groups in total. The van der Waals surface area contributed by atoms with Gasteiger partial charge in [0.2, 0.25) is 0 Å². The smallest absolute Gasteiger partial charge is 0.261 e. The molecule has 1 aliphatic heterocycles. The Morgan fingerprint density at radius 1 is 1.28 bits per heavy atom. The Hall–Kier alpha value is -1.55. The first kappa shape index (κ1) is 12.9. The molecule has 0 aromatic heterocycles. The summed E-state index contributed by atoms with van der Waals surface area (Å²) >= 11 is 0. The predicted molar refractivity (Wildman–Crippen MR) is 68.5 cm³/mol. The summed E-state index contributed by atoms with van der Waals surface area (Å²) in [5.74, 6) is 0.686. The van der Waals surface area contributed by atoms with Gasteiger partial charge < -0.3 is 15.2 Å². The molecule has 1 atom stereocenters. The molecule has 98 valence electrons. The van der Waals surface area contributed by atoms with Gasteiger partial charge in [0.15, 0.2) is 6.10 Å². The highest BCUT2D eigenvalue weighted by Crippen LogP contribution is 2.17. The highest BCUT2D eigenvalue weighted by molar-refractivity contribution is 5.81. The quantitative estimate of drug-likeness (QED) is 0.845. The van der Waals surface area contributed by atoms with E-state index in [1.165, 1.54) is 0 Å². The lowest BCUT2D eigenvalue weighted by Crippen LogP contribution is -2.36. The van der Waals surface area contributed by atoms with Crippen molar-refractivity contribution in [3.63, 3.8) is 0 Å².